The third kappa shape index (κ3) is 8.41. The van der Waals surface area contributed by atoms with Crippen LogP contribution in [0.4, 0.5) is 9.59 Å². The lowest BCUT2D eigenvalue weighted by molar-refractivity contribution is -0.136. The van der Waals surface area contributed by atoms with Crippen LogP contribution in [0.1, 0.15) is 88.2 Å². The third-order valence-electron chi connectivity index (χ3n) is 11.2. The molecule has 5 aromatic rings. The van der Waals surface area contributed by atoms with E-state index in [2.05, 4.69) is 69.2 Å². The zero-order valence-electron chi connectivity index (χ0n) is 33.9. The van der Waals surface area contributed by atoms with Gasteiger partial charge in [-0.05, 0) is 83.7 Å². The molecule has 4 N–H and O–H groups in total. The number of hydrogen-bond acceptors (Lipinski definition) is 8. The van der Waals surface area contributed by atoms with Gasteiger partial charge in [0.15, 0.2) is 0 Å². The molecule has 4 heterocycles. The SMILES string of the molecule is COC(=O)N[C@H](C(=O)N1CCC[C@H]1c1nc(-c2ccc3cc(/C=C/c4ccc5[nH]c([C@@H]6CCCN6C(=O)[C@@H](NC(=O)OC)C(C)C)nc5c4)ccc3c2)c[nH]1)C(C)C. The topological polar surface area (TPSA) is 175 Å². The summed E-state index contributed by atoms with van der Waals surface area (Å²) < 4.78 is 9.53. The molecule has 4 amide bonds. The number of fused-ring (bicyclic) bond motifs is 2. The zero-order chi connectivity index (χ0) is 41.1. The van der Waals surface area contributed by atoms with Gasteiger partial charge in [-0.3, -0.25) is 9.59 Å². The molecular formula is C44H52N8O6. The smallest absolute Gasteiger partial charge is 0.407 e. The Balaban J connectivity index is 1.03. The van der Waals surface area contributed by atoms with Crippen LogP contribution in [0, 0.1) is 11.8 Å². The molecule has 0 radical (unpaired) electrons. The minimum absolute atomic E-state index is 0.105. The van der Waals surface area contributed by atoms with Crippen molar-refractivity contribution in [3.8, 4) is 11.3 Å². The number of aromatic nitrogens is 4. The monoisotopic (exact) mass is 788 g/mol. The third-order valence-corrected chi connectivity index (χ3v) is 11.2. The number of benzene rings is 3. The number of H-pyrrole nitrogens is 2. The number of hydrogen-bond donors (Lipinski definition) is 4. The molecule has 7 rings (SSSR count). The Hall–Kier alpha value is -6.18. The fourth-order valence-electron chi connectivity index (χ4n) is 8.06. The van der Waals surface area contributed by atoms with E-state index in [0.29, 0.717) is 13.1 Å². The Labute approximate surface area is 337 Å². The molecule has 0 spiro atoms. The lowest BCUT2D eigenvalue weighted by Gasteiger charge is -2.29. The molecule has 304 valence electrons. The maximum atomic E-state index is 13.6. The number of alkyl carbamates (subject to hydrolysis) is 2. The summed E-state index contributed by atoms with van der Waals surface area (Å²) in [7, 11) is 2.58. The first-order valence-corrected chi connectivity index (χ1v) is 20.0. The molecule has 0 unspecified atom stereocenters. The van der Waals surface area contributed by atoms with Gasteiger partial charge < -0.3 is 39.9 Å². The molecule has 14 nitrogen and oxygen atoms in total. The first-order chi connectivity index (χ1) is 27.9. The van der Waals surface area contributed by atoms with Gasteiger partial charge in [0, 0.05) is 24.8 Å². The number of carbonyl (C=O) groups excluding carboxylic acids is 4. The van der Waals surface area contributed by atoms with Crippen molar-refractivity contribution in [2.24, 2.45) is 11.8 Å². The predicted molar refractivity (Wildman–Crippen MR) is 222 cm³/mol. The van der Waals surface area contributed by atoms with E-state index >= 15 is 0 Å². The van der Waals surface area contributed by atoms with Crippen molar-refractivity contribution in [3.05, 3.63) is 83.6 Å². The molecule has 3 aromatic carbocycles. The Morgan fingerprint density at radius 1 is 0.724 bits per heavy atom. The highest BCUT2D eigenvalue weighted by atomic mass is 16.5. The van der Waals surface area contributed by atoms with Gasteiger partial charge >= 0.3 is 12.2 Å². The number of methoxy groups -OCH3 is 2. The first-order valence-electron chi connectivity index (χ1n) is 20.0. The van der Waals surface area contributed by atoms with Crippen molar-refractivity contribution >= 4 is 58.0 Å². The average Bonchev–Trinajstić information content (AvgIpc) is 4.06. The maximum Gasteiger partial charge on any atom is 0.407 e. The molecule has 0 aliphatic carbocycles. The number of nitrogens with zero attached hydrogens (tertiary/aromatic N) is 4. The highest BCUT2D eigenvalue weighted by Crippen LogP contribution is 2.35. The molecule has 58 heavy (non-hydrogen) atoms. The summed E-state index contributed by atoms with van der Waals surface area (Å²) in [5.41, 5.74) is 5.53. The zero-order valence-corrected chi connectivity index (χ0v) is 33.9. The van der Waals surface area contributed by atoms with Crippen LogP contribution < -0.4 is 10.6 Å². The van der Waals surface area contributed by atoms with E-state index in [1.807, 2.05) is 61.9 Å². The quantitative estimate of drug-likeness (QED) is 0.100. The fourth-order valence-corrected chi connectivity index (χ4v) is 8.06. The number of ether oxygens (including phenoxy) is 2. The second-order valence-corrected chi connectivity index (χ2v) is 15.8. The number of aromatic amines is 2. The van der Waals surface area contributed by atoms with Gasteiger partial charge in [0.2, 0.25) is 11.8 Å². The summed E-state index contributed by atoms with van der Waals surface area (Å²) in [6, 6.07) is 16.9. The standard InChI is InChI=1S/C44H52N8O6/c1-25(2)37(49-43(55)57-5)41(53)51-19-7-9-35(51)39-45-24-34(48-39)31-17-16-29-21-27(13-15-30(29)23-31)11-12-28-14-18-32-33(22-28)47-40(46-32)36-10-8-20-52(36)42(54)38(26(3)4)50-44(56)58-6/h11-18,21-26,35-38H,7-10,19-20H2,1-6H3,(H,45,48)(H,46,47)(H,49,55)(H,50,56)/b12-11+/t35-,36-,37-,38-/m0/s1. The summed E-state index contributed by atoms with van der Waals surface area (Å²) >= 11 is 0. The minimum Gasteiger partial charge on any atom is -0.453 e. The Kier molecular flexibility index (Phi) is 11.8. The molecule has 14 heteroatoms. The van der Waals surface area contributed by atoms with E-state index in [9.17, 15) is 19.2 Å². The van der Waals surface area contributed by atoms with Crippen LogP contribution in [0.3, 0.4) is 0 Å². The Bertz CT molecular complexity index is 2350. The van der Waals surface area contributed by atoms with Gasteiger partial charge in [0.1, 0.15) is 23.7 Å². The van der Waals surface area contributed by atoms with Crippen LogP contribution >= 0.6 is 0 Å². The first kappa shape index (κ1) is 40.0. The lowest BCUT2D eigenvalue weighted by Crippen LogP contribution is -2.51. The lowest BCUT2D eigenvalue weighted by atomic mass is 10.0. The van der Waals surface area contributed by atoms with E-state index in [1.165, 1.54) is 14.2 Å². The van der Waals surface area contributed by atoms with Crippen LogP contribution in [0.5, 0.6) is 0 Å². The van der Waals surface area contributed by atoms with Gasteiger partial charge in [-0.2, -0.15) is 0 Å². The molecule has 2 aliphatic heterocycles. The number of likely N-dealkylation sites (tertiary alicyclic amines) is 2. The second-order valence-electron chi connectivity index (χ2n) is 15.8. The number of carbonyl (C=O) groups is 4. The molecule has 0 bridgehead atoms. The van der Waals surface area contributed by atoms with Crippen molar-refractivity contribution < 1.29 is 28.7 Å². The van der Waals surface area contributed by atoms with Gasteiger partial charge in [-0.15, -0.1) is 0 Å². The maximum absolute atomic E-state index is 13.6. The highest BCUT2D eigenvalue weighted by molar-refractivity contribution is 5.90. The van der Waals surface area contributed by atoms with Crippen LogP contribution in [-0.4, -0.2) is 93.1 Å². The van der Waals surface area contributed by atoms with E-state index in [1.54, 1.807) is 0 Å². The van der Waals surface area contributed by atoms with Gasteiger partial charge in [0.05, 0.1) is 43.0 Å². The predicted octanol–water partition coefficient (Wildman–Crippen LogP) is 7.36. The minimum atomic E-state index is -0.688. The van der Waals surface area contributed by atoms with Crippen molar-refractivity contribution in [1.82, 2.24) is 40.4 Å². The van der Waals surface area contributed by atoms with Crippen LogP contribution in [0.15, 0.2) is 60.8 Å². The second kappa shape index (κ2) is 17.1. The summed E-state index contributed by atoms with van der Waals surface area (Å²) in [6.07, 6.45) is 8.06. The van der Waals surface area contributed by atoms with Crippen LogP contribution in [0.25, 0.3) is 45.2 Å². The molecule has 2 aromatic heterocycles. The molecule has 2 aliphatic rings. The largest absolute Gasteiger partial charge is 0.453 e. The van der Waals surface area contributed by atoms with Gasteiger partial charge in [-0.25, -0.2) is 19.6 Å². The number of amides is 4. The average molecular weight is 789 g/mol. The highest BCUT2D eigenvalue weighted by Gasteiger charge is 2.39. The fraction of sp³-hybridized carbons (Fsp3) is 0.409. The van der Waals surface area contributed by atoms with Crippen LogP contribution in [0.2, 0.25) is 0 Å². The summed E-state index contributed by atoms with van der Waals surface area (Å²) in [4.78, 5) is 71.3. The van der Waals surface area contributed by atoms with E-state index in [-0.39, 0.29) is 35.7 Å². The number of rotatable bonds is 11. The Morgan fingerprint density at radius 3 is 1.88 bits per heavy atom. The molecule has 0 saturated carbocycles. The molecule has 4 atom stereocenters. The summed E-state index contributed by atoms with van der Waals surface area (Å²) in [5, 5.41) is 7.58. The number of imidazole rings is 2. The van der Waals surface area contributed by atoms with Crippen molar-refractivity contribution in [3.63, 3.8) is 0 Å². The van der Waals surface area contributed by atoms with Gasteiger partial charge in [0.25, 0.3) is 0 Å². The van der Waals surface area contributed by atoms with E-state index in [4.69, 9.17) is 19.4 Å². The number of nitrogens with one attached hydrogen (secondary N) is 4. The van der Waals surface area contributed by atoms with E-state index in [0.717, 1.165) is 81.5 Å². The van der Waals surface area contributed by atoms with Crippen molar-refractivity contribution in [1.29, 1.82) is 0 Å². The van der Waals surface area contributed by atoms with E-state index < -0.39 is 24.3 Å². The van der Waals surface area contributed by atoms with Crippen LogP contribution in [-0.2, 0) is 19.1 Å². The van der Waals surface area contributed by atoms with Crippen molar-refractivity contribution in [2.75, 3.05) is 27.3 Å². The molecular weight excluding hydrogens is 737 g/mol. The van der Waals surface area contributed by atoms with Crippen molar-refractivity contribution in [2.45, 2.75) is 77.5 Å². The van der Waals surface area contributed by atoms with Gasteiger partial charge in [-0.1, -0.05) is 70.2 Å². The molecule has 2 fully saturated rings. The molecule has 2 saturated heterocycles. The summed E-state index contributed by atoms with van der Waals surface area (Å²) in [5.74, 6) is 0.984. The Morgan fingerprint density at radius 2 is 1.28 bits per heavy atom. The normalized spacial score (nSPS) is 18.1. The summed E-state index contributed by atoms with van der Waals surface area (Å²) in [6.45, 7) is 8.81.